The Morgan fingerprint density at radius 3 is 2.21 bits per heavy atom. The lowest BCUT2D eigenvalue weighted by Crippen LogP contribution is -2.53. The van der Waals surface area contributed by atoms with E-state index in [0.717, 1.165) is 32.1 Å². The summed E-state index contributed by atoms with van der Waals surface area (Å²) in [5.41, 5.74) is 0. The summed E-state index contributed by atoms with van der Waals surface area (Å²) in [7, 11) is 1.30. The number of ether oxygens (including phenoxy) is 1. The highest BCUT2D eigenvalue weighted by Gasteiger charge is 2.28. The molecular weight excluding hydrogens is 308 g/mol. The molecular formula is C18H32N2O4. The van der Waals surface area contributed by atoms with Crippen LogP contribution in [0.3, 0.4) is 0 Å². The van der Waals surface area contributed by atoms with Crippen molar-refractivity contribution in [3.63, 3.8) is 0 Å². The molecule has 138 valence electrons. The minimum absolute atomic E-state index is 0.0777. The highest BCUT2D eigenvalue weighted by Crippen LogP contribution is 2.10. The molecule has 0 radical (unpaired) electrons. The summed E-state index contributed by atoms with van der Waals surface area (Å²) < 4.78 is 4.78. The third-order valence-corrected chi connectivity index (χ3v) is 3.76. The zero-order valence-corrected chi connectivity index (χ0v) is 15.4. The summed E-state index contributed by atoms with van der Waals surface area (Å²) in [6.07, 6.45) is 7.36. The molecule has 0 unspecified atom stereocenters. The molecule has 0 bridgehead atoms. The Balaban J connectivity index is 4.58. The largest absolute Gasteiger partial charge is 0.467 e. The van der Waals surface area contributed by atoms with Crippen LogP contribution >= 0.6 is 0 Å². The molecule has 0 spiro atoms. The standard InChI is InChI=1S/C18H32N2O4/c1-6-7-8-9-10-11-12-15(18(23)24-5)20-17(22)16(13(2)3)19-14(4)21/h6,13,15-16H,1,7-12H2,2-5H3,(H,19,21)(H,20,22)/t15-,16-/m1/s1. The fourth-order valence-electron chi connectivity index (χ4n) is 2.40. The Bertz CT molecular complexity index is 421. The van der Waals surface area contributed by atoms with Gasteiger partial charge in [-0.3, -0.25) is 9.59 Å². The maximum Gasteiger partial charge on any atom is 0.328 e. The fraction of sp³-hybridized carbons (Fsp3) is 0.722. The van der Waals surface area contributed by atoms with E-state index in [1.54, 1.807) is 0 Å². The minimum Gasteiger partial charge on any atom is -0.467 e. The topological polar surface area (TPSA) is 84.5 Å². The first-order valence-electron chi connectivity index (χ1n) is 8.59. The van der Waals surface area contributed by atoms with Crippen LogP contribution in [-0.2, 0) is 19.1 Å². The second-order valence-electron chi connectivity index (χ2n) is 6.29. The number of carbonyl (C=O) groups excluding carboxylic acids is 3. The molecule has 6 nitrogen and oxygen atoms in total. The first-order valence-corrected chi connectivity index (χ1v) is 8.59. The minimum atomic E-state index is -0.683. The van der Waals surface area contributed by atoms with Gasteiger partial charge >= 0.3 is 5.97 Å². The summed E-state index contributed by atoms with van der Waals surface area (Å²) in [6, 6.07) is -1.35. The predicted molar refractivity (Wildman–Crippen MR) is 94.3 cm³/mol. The summed E-state index contributed by atoms with van der Waals surface area (Å²) >= 11 is 0. The van der Waals surface area contributed by atoms with Crippen molar-refractivity contribution in [2.24, 2.45) is 5.92 Å². The summed E-state index contributed by atoms with van der Waals surface area (Å²) in [4.78, 5) is 35.5. The Hall–Kier alpha value is -1.85. The zero-order valence-electron chi connectivity index (χ0n) is 15.4. The Labute approximate surface area is 145 Å². The van der Waals surface area contributed by atoms with E-state index in [1.807, 2.05) is 19.9 Å². The molecule has 2 N–H and O–H groups in total. The van der Waals surface area contributed by atoms with E-state index in [-0.39, 0.29) is 17.7 Å². The second kappa shape index (κ2) is 12.6. The molecule has 0 heterocycles. The van der Waals surface area contributed by atoms with Crippen LogP contribution in [0.1, 0.15) is 59.3 Å². The average molecular weight is 340 g/mol. The molecule has 0 fully saturated rings. The number of rotatable bonds is 12. The van der Waals surface area contributed by atoms with Gasteiger partial charge in [-0.1, -0.05) is 39.2 Å². The number of unbranched alkanes of at least 4 members (excludes halogenated alkanes) is 4. The van der Waals surface area contributed by atoms with Gasteiger partial charge in [-0.05, 0) is 25.2 Å². The molecule has 0 saturated heterocycles. The summed E-state index contributed by atoms with van der Waals surface area (Å²) in [6.45, 7) is 8.73. The Morgan fingerprint density at radius 2 is 1.71 bits per heavy atom. The Morgan fingerprint density at radius 1 is 1.08 bits per heavy atom. The average Bonchev–Trinajstić information content (AvgIpc) is 2.53. The molecule has 0 saturated carbocycles. The molecule has 2 atom stereocenters. The smallest absolute Gasteiger partial charge is 0.328 e. The van der Waals surface area contributed by atoms with Gasteiger partial charge in [0.1, 0.15) is 12.1 Å². The van der Waals surface area contributed by atoms with Crippen molar-refractivity contribution in [1.29, 1.82) is 0 Å². The molecule has 24 heavy (non-hydrogen) atoms. The van der Waals surface area contributed by atoms with Crippen molar-refractivity contribution in [1.82, 2.24) is 10.6 Å². The van der Waals surface area contributed by atoms with E-state index in [0.29, 0.717) is 6.42 Å². The van der Waals surface area contributed by atoms with Gasteiger partial charge in [0, 0.05) is 6.92 Å². The molecule has 0 rings (SSSR count). The van der Waals surface area contributed by atoms with E-state index < -0.39 is 18.1 Å². The first-order chi connectivity index (χ1) is 11.3. The SMILES string of the molecule is C=CCCCCCC[C@@H](NC(=O)[C@H](NC(C)=O)C(C)C)C(=O)OC. The van der Waals surface area contributed by atoms with Gasteiger partial charge in [0.2, 0.25) is 11.8 Å². The van der Waals surface area contributed by atoms with Gasteiger partial charge < -0.3 is 15.4 Å². The van der Waals surface area contributed by atoms with Gasteiger partial charge in [-0.25, -0.2) is 4.79 Å². The molecule has 0 aromatic rings. The lowest BCUT2D eigenvalue weighted by molar-refractivity contribution is -0.145. The van der Waals surface area contributed by atoms with Crippen molar-refractivity contribution in [2.45, 2.75) is 71.4 Å². The maximum absolute atomic E-state index is 12.4. The number of amides is 2. The van der Waals surface area contributed by atoms with E-state index >= 15 is 0 Å². The summed E-state index contributed by atoms with van der Waals surface area (Å²) in [5, 5.41) is 5.33. The fourth-order valence-corrected chi connectivity index (χ4v) is 2.40. The van der Waals surface area contributed by atoms with Crippen LogP contribution in [0.2, 0.25) is 0 Å². The Kier molecular flexibility index (Phi) is 11.6. The van der Waals surface area contributed by atoms with Crippen molar-refractivity contribution in [3.05, 3.63) is 12.7 Å². The third-order valence-electron chi connectivity index (χ3n) is 3.76. The van der Waals surface area contributed by atoms with Crippen molar-refractivity contribution in [3.8, 4) is 0 Å². The van der Waals surface area contributed by atoms with Gasteiger partial charge in [-0.2, -0.15) is 0 Å². The highest BCUT2D eigenvalue weighted by molar-refractivity contribution is 5.90. The number of methoxy groups -OCH3 is 1. The van der Waals surface area contributed by atoms with Crippen molar-refractivity contribution >= 4 is 17.8 Å². The molecule has 2 amide bonds. The van der Waals surface area contributed by atoms with Crippen LogP contribution in [0, 0.1) is 5.92 Å². The lowest BCUT2D eigenvalue weighted by atomic mass is 10.0. The number of nitrogens with one attached hydrogen (secondary N) is 2. The van der Waals surface area contributed by atoms with E-state index in [2.05, 4.69) is 17.2 Å². The number of allylic oxidation sites excluding steroid dienone is 1. The summed E-state index contributed by atoms with van der Waals surface area (Å²) in [5.74, 6) is -1.17. The van der Waals surface area contributed by atoms with Crippen LogP contribution in [0.15, 0.2) is 12.7 Å². The van der Waals surface area contributed by atoms with E-state index in [4.69, 9.17) is 4.74 Å². The highest BCUT2D eigenvalue weighted by atomic mass is 16.5. The monoisotopic (exact) mass is 340 g/mol. The number of hydrogen-bond donors (Lipinski definition) is 2. The quantitative estimate of drug-likeness (QED) is 0.324. The van der Waals surface area contributed by atoms with Gasteiger partial charge in [0.25, 0.3) is 0 Å². The van der Waals surface area contributed by atoms with Crippen molar-refractivity contribution < 1.29 is 19.1 Å². The molecule has 0 aliphatic heterocycles. The molecule has 0 aromatic heterocycles. The van der Waals surface area contributed by atoms with Crippen LogP contribution in [-0.4, -0.2) is 37.0 Å². The van der Waals surface area contributed by atoms with Gasteiger partial charge in [0.05, 0.1) is 7.11 Å². The molecule has 0 aliphatic rings. The van der Waals surface area contributed by atoms with Crippen LogP contribution in [0.5, 0.6) is 0 Å². The normalized spacial score (nSPS) is 13.0. The molecule has 6 heteroatoms. The van der Waals surface area contributed by atoms with Crippen LogP contribution < -0.4 is 10.6 Å². The van der Waals surface area contributed by atoms with Gasteiger partial charge in [0.15, 0.2) is 0 Å². The maximum atomic E-state index is 12.4. The predicted octanol–water partition coefficient (Wildman–Crippen LogP) is 2.33. The third kappa shape index (κ3) is 9.33. The number of esters is 1. The van der Waals surface area contributed by atoms with E-state index in [1.165, 1.54) is 14.0 Å². The lowest BCUT2D eigenvalue weighted by Gasteiger charge is -2.24. The van der Waals surface area contributed by atoms with Crippen LogP contribution in [0.4, 0.5) is 0 Å². The van der Waals surface area contributed by atoms with Crippen LogP contribution in [0.25, 0.3) is 0 Å². The second-order valence-corrected chi connectivity index (χ2v) is 6.29. The molecule has 0 aliphatic carbocycles. The van der Waals surface area contributed by atoms with E-state index in [9.17, 15) is 14.4 Å². The number of hydrogen-bond acceptors (Lipinski definition) is 4. The molecule has 0 aromatic carbocycles. The van der Waals surface area contributed by atoms with Gasteiger partial charge in [-0.15, -0.1) is 6.58 Å². The van der Waals surface area contributed by atoms with Crippen molar-refractivity contribution in [2.75, 3.05) is 7.11 Å². The first kappa shape index (κ1) is 22.1. The number of carbonyl (C=O) groups is 3. The zero-order chi connectivity index (χ0) is 18.5.